The van der Waals surface area contributed by atoms with Gasteiger partial charge in [-0.2, -0.15) is 5.26 Å². The molecule has 0 aliphatic rings. The van der Waals surface area contributed by atoms with E-state index < -0.39 is 0 Å². The van der Waals surface area contributed by atoms with Crippen LogP contribution in [0.25, 0.3) is 0 Å². The van der Waals surface area contributed by atoms with Crippen LogP contribution in [-0.4, -0.2) is 13.1 Å². The van der Waals surface area contributed by atoms with E-state index in [1.807, 2.05) is 18.0 Å². The van der Waals surface area contributed by atoms with E-state index in [9.17, 15) is 4.39 Å². The minimum Gasteiger partial charge on any atom is -0.370 e. The smallest absolute Gasteiger partial charge is 0.147 e. The molecule has 1 aromatic rings. The number of hydrogen-bond acceptors (Lipinski definition) is 2. The van der Waals surface area contributed by atoms with Gasteiger partial charge in [-0.1, -0.05) is 13.3 Å². The lowest BCUT2D eigenvalue weighted by atomic mass is 10.1. The number of nitrogens with zero attached hydrogens (tertiary/aromatic N) is 2. The molecule has 0 saturated heterocycles. The van der Waals surface area contributed by atoms with Crippen LogP contribution >= 0.6 is 0 Å². The molecule has 1 rings (SSSR count). The molecular formula is C13H17FN2. The van der Waals surface area contributed by atoms with Crippen molar-refractivity contribution in [3.8, 4) is 6.07 Å². The zero-order valence-corrected chi connectivity index (χ0v) is 10.00. The van der Waals surface area contributed by atoms with Crippen molar-refractivity contribution < 1.29 is 4.39 Å². The highest BCUT2D eigenvalue weighted by atomic mass is 19.1. The second kappa shape index (κ2) is 5.50. The lowest BCUT2D eigenvalue weighted by Gasteiger charge is -2.27. The van der Waals surface area contributed by atoms with Gasteiger partial charge in [-0.25, -0.2) is 4.39 Å². The Morgan fingerprint density at radius 1 is 1.50 bits per heavy atom. The lowest BCUT2D eigenvalue weighted by molar-refractivity contribution is 0.582. The van der Waals surface area contributed by atoms with Crippen molar-refractivity contribution in [3.63, 3.8) is 0 Å². The summed E-state index contributed by atoms with van der Waals surface area (Å²) in [5.41, 5.74) is 0.915. The van der Waals surface area contributed by atoms with Crippen molar-refractivity contribution in [2.45, 2.75) is 32.7 Å². The molecule has 2 nitrogen and oxygen atoms in total. The highest BCUT2D eigenvalue weighted by Gasteiger charge is 2.13. The Kier molecular flexibility index (Phi) is 4.30. The Labute approximate surface area is 96.3 Å². The molecule has 0 aliphatic heterocycles. The molecule has 0 fully saturated rings. The quantitative estimate of drug-likeness (QED) is 0.778. The number of benzene rings is 1. The first kappa shape index (κ1) is 12.5. The molecule has 1 atom stereocenters. The maximum atomic E-state index is 13.7. The topological polar surface area (TPSA) is 27.0 Å². The summed E-state index contributed by atoms with van der Waals surface area (Å²) in [6.07, 6.45) is 2.10. The van der Waals surface area contributed by atoms with Crippen LogP contribution < -0.4 is 4.90 Å². The first-order chi connectivity index (χ1) is 7.60. The Bertz CT molecular complexity index is 395. The zero-order chi connectivity index (χ0) is 12.1. The average Bonchev–Trinajstić information content (AvgIpc) is 2.28. The van der Waals surface area contributed by atoms with Crippen LogP contribution in [0.4, 0.5) is 10.1 Å². The van der Waals surface area contributed by atoms with Crippen molar-refractivity contribution in [1.82, 2.24) is 0 Å². The molecule has 0 aliphatic carbocycles. The molecule has 0 saturated carbocycles. The van der Waals surface area contributed by atoms with Gasteiger partial charge in [-0.05, 0) is 31.5 Å². The molecule has 3 heteroatoms. The van der Waals surface area contributed by atoms with Crippen LogP contribution in [-0.2, 0) is 0 Å². The van der Waals surface area contributed by atoms with E-state index >= 15 is 0 Å². The van der Waals surface area contributed by atoms with E-state index in [2.05, 4.69) is 13.8 Å². The molecule has 0 aromatic heterocycles. The number of nitriles is 1. The van der Waals surface area contributed by atoms with Gasteiger partial charge in [0.25, 0.3) is 0 Å². The van der Waals surface area contributed by atoms with E-state index in [0.29, 0.717) is 17.3 Å². The summed E-state index contributed by atoms with van der Waals surface area (Å²) in [4.78, 5) is 1.92. The largest absolute Gasteiger partial charge is 0.370 e. The third kappa shape index (κ3) is 2.73. The number of hydrogen-bond donors (Lipinski definition) is 0. The predicted octanol–water partition coefficient (Wildman–Crippen LogP) is 3.32. The zero-order valence-electron chi connectivity index (χ0n) is 10.00. The molecule has 0 amide bonds. The molecule has 1 unspecified atom stereocenters. The average molecular weight is 220 g/mol. The van der Waals surface area contributed by atoms with Gasteiger partial charge in [0.05, 0.1) is 17.3 Å². The van der Waals surface area contributed by atoms with E-state index in [0.717, 1.165) is 12.8 Å². The lowest BCUT2D eigenvalue weighted by Crippen LogP contribution is -2.29. The first-order valence-corrected chi connectivity index (χ1v) is 5.52. The molecule has 0 spiro atoms. The summed E-state index contributed by atoms with van der Waals surface area (Å²) >= 11 is 0. The molecule has 0 N–H and O–H groups in total. The third-order valence-corrected chi connectivity index (χ3v) is 2.82. The second-order valence-corrected chi connectivity index (χ2v) is 4.03. The van der Waals surface area contributed by atoms with Crippen LogP contribution in [0.5, 0.6) is 0 Å². The van der Waals surface area contributed by atoms with Crippen LogP contribution in [0.3, 0.4) is 0 Å². The van der Waals surface area contributed by atoms with E-state index in [1.54, 1.807) is 12.1 Å². The first-order valence-electron chi connectivity index (χ1n) is 5.52. The number of anilines is 1. The Balaban J connectivity index is 2.92. The highest BCUT2D eigenvalue weighted by molar-refractivity contribution is 5.51. The van der Waals surface area contributed by atoms with Crippen LogP contribution in [0.15, 0.2) is 18.2 Å². The van der Waals surface area contributed by atoms with E-state index in [-0.39, 0.29) is 5.82 Å². The van der Waals surface area contributed by atoms with Crippen molar-refractivity contribution >= 4 is 5.69 Å². The summed E-state index contributed by atoms with van der Waals surface area (Å²) in [5, 5.41) is 8.65. The summed E-state index contributed by atoms with van der Waals surface area (Å²) in [7, 11) is 1.88. The Morgan fingerprint density at radius 3 is 2.69 bits per heavy atom. The number of rotatable bonds is 4. The monoisotopic (exact) mass is 220 g/mol. The third-order valence-electron chi connectivity index (χ3n) is 2.82. The highest BCUT2D eigenvalue weighted by Crippen LogP contribution is 2.22. The fourth-order valence-corrected chi connectivity index (χ4v) is 1.71. The minimum absolute atomic E-state index is 0.299. The van der Waals surface area contributed by atoms with Gasteiger partial charge in [-0.15, -0.1) is 0 Å². The predicted molar refractivity (Wildman–Crippen MR) is 63.9 cm³/mol. The van der Waals surface area contributed by atoms with Gasteiger partial charge in [0.15, 0.2) is 0 Å². The maximum absolute atomic E-state index is 13.7. The van der Waals surface area contributed by atoms with Gasteiger partial charge in [-0.3, -0.25) is 0 Å². The SMILES string of the molecule is CCCC(C)N(C)c1ccc(C#N)cc1F. The van der Waals surface area contributed by atoms with Crippen molar-refractivity contribution in [3.05, 3.63) is 29.6 Å². The fourth-order valence-electron chi connectivity index (χ4n) is 1.71. The Morgan fingerprint density at radius 2 is 2.19 bits per heavy atom. The molecular weight excluding hydrogens is 203 g/mol. The molecule has 1 aromatic carbocycles. The minimum atomic E-state index is -0.329. The summed E-state index contributed by atoms with van der Waals surface area (Å²) in [5.74, 6) is -0.329. The van der Waals surface area contributed by atoms with Gasteiger partial charge in [0.2, 0.25) is 0 Å². The molecule has 86 valence electrons. The van der Waals surface area contributed by atoms with Crippen LogP contribution in [0, 0.1) is 17.1 Å². The van der Waals surface area contributed by atoms with Gasteiger partial charge < -0.3 is 4.90 Å². The van der Waals surface area contributed by atoms with Gasteiger partial charge >= 0.3 is 0 Å². The normalized spacial score (nSPS) is 11.9. The van der Waals surface area contributed by atoms with E-state index in [1.165, 1.54) is 6.07 Å². The Hall–Kier alpha value is -1.56. The summed E-state index contributed by atoms with van der Waals surface area (Å²) in [6.45, 7) is 4.18. The van der Waals surface area contributed by atoms with Gasteiger partial charge in [0, 0.05) is 13.1 Å². The van der Waals surface area contributed by atoms with Crippen molar-refractivity contribution in [2.24, 2.45) is 0 Å². The molecule has 16 heavy (non-hydrogen) atoms. The van der Waals surface area contributed by atoms with Crippen LogP contribution in [0.2, 0.25) is 0 Å². The molecule has 0 radical (unpaired) electrons. The molecule has 0 bridgehead atoms. The second-order valence-electron chi connectivity index (χ2n) is 4.03. The van der Waals surface area contributed by atoms with Crippen molar-refractivity contribution in [1.29, 1.82) is 5.26 Å². The summed E-state index contributed by atoms with van der Waals surface area (Å²) < 4.78 is 13.7. The fraction of sp³-hybridized carbons (Fsp3) is 0.462. The number of halogens is 1. The van der Waals surface area contributed by atoms with E-state index in [4.69, 9.17) is 5.26 Å². The van der Waals surface area contributed by atoms with Gasteiger partial charge in [0.1, 0.15) is 5.82 Å². The molecule has 0 heterocycles. The summed E-state index contributed by atoms with van der Waals surface area (Å²) in [6, 6.07) is 6.82. The maximum Gasteiger partial charge on any atom is 0.147 e. The van der Waals surface area contributed by atoms with Crippen LogP contribution in [0.1, 0.15) is 32.3 Å². The van der Waals surface area contributed by atoms with Crippen molar-refractivity contribution in [2.75, 3.05) is 11.9 Å². The standard InChI is InChI=1S/C13H17FN2/c1-4-5-10(2)16(3)13-7-6-11(9-15)8-12(13)14/h6-8,10H,4-5H2,1-3H3.